The molecule has 0 aliphatic rings. The molecule has 0 unspecified atom stereocenters. The molecule has 2 rings (SSSR count). The molecule has 0 bridgehead atoms. The molecule has 0 fully saturated rings. The number of nitrogens with one attached hydrogen (secondary N) is 1. The van der Waals surface area contributed by atoms with Crippen LogP contribution in [-0.2, 0) is 9.84 Å². The van der Waals surface area contributed by atoms with Gasteiger partial charge in [0.1, 0.15) is 4.21 Å². The third-order valence-corrected chi connectivity index (χ3v) is 6.11. The minimum atomic E-state index is -3.40. The van der Waals surface area contributed by atoms with E-state index in [1.54, 1.807) is 37.4 Å². The molecular weight excluding hydrogens is 322 g/mol. The molecule has 6 heteroatoms. The van der Waals surface area contributed by atoms with Crippen LogP contribution in [0.4, 0.5) is 5.69 Å². The summed E-state index contributed by atoms with van der Waals surface area (Å²) in [6.07, 6.45) is 0. The van der Waals surface area contributed by atoms with E-state index in [0.717, 1.165) is 9.47 Å². The summed E-state index contributed by atoms with van der Waals surface area (Å²) in [5.74, 6) is 0. The molecule has 0 atom stereocenters. The summed E-state index contributed by atoms with van der Waals surface area (Å²) in [4.78, 5) is 0.304. The Kier molecular flexibility index (Phi) is 3.56. The van der Waals surface area contributed by atoms with Crippen LogP contribution in [0.25, 0.3) is 0 Å². The van der Waals surface area contributed by atoms with Crippen molar-refractivity contribution in [2.45, 2.75) is 9.10 Å². The first-order valence-electron chi connectivity index (χ1n) is 4.82. The number of anilines is 1. The molecule has 0 aliphatic heterocycles. The summed E-state index contributed by atoms with van der Waals surface area (Å²) < 4.78 is 25.7. The van der Waals surface area contributed by atoms with Gasteiger partial charge in [-0.15, -0.1) is 11.3 Å². The van der Waals surface area contributed by atoms with Gasteiger partial charge in [-0.3, -0.25) is 0 Å². The molecule has 17 heavy (non-hydrogen) atoms. The quantitative estimate of drug-likeness (QED) is 0.937. The van der Waals surface area contributed by atoms with Crippen LogP contribution < -0.4 is 5.32 Å². The molecule has 0 saturated heterocycles. The summed E-state index contributed by atoms with van der Waals surface area (Å²) >= 11 is 4.48. The molecule has 1 aromatic carbocycles. The topological polar surface area (TPSA) is 46.2 Å². The van der Waals surface area contributed by atoms with E-state index in [4.69, 9.17) is 0 Å². The summed E-state index contributed by atoms with van der Waals surface area (Å²) in [5, 5.41) is 2.93. The van der Waals surface area contributed by atoms with Gasteiger partial charge >= 0.3 is 0 Å². The van der Waals surface area contributed by atoms with E-state index in [1.807, 2.05) is 6.07 Å². The fourth-order valence-electron chi connectivity index (χ4n) is 1.38. The Bertz CT molecular complexity index is 634. The van der Waals surface area contributed by atoms with Crippen molar-refractivity contribution in [3.05, 3.63) is 40.2 Å². The second-order valence-electron chi connectivity index (χ2n) is 3.34. The van der Waals surface area contributed by atoms with Gasteiger partial charge in [-0.25, -0.2) is 8.42 Å². The first-order chi connectivity index (χ1) is 8.04. The Morgan fingerprint density at radius 2 is 2.00 bits per heavy atom. The van der Waals surface area contributed by atoms with Crippen LogP contribution in [0.2, 0.25) is 0 Å². The van der Waals surface area contributed by atoms with Gasteiger partial charge in [-0.1, -0.05) is 6.07 Å². The maximum Gasteiger partial charge on any atom is 0.216 e. The number of thiophene rings is 1. The Morgan fingerprint density at radius 1 is 1.24 bits per heavy atom. The van der Waals surface area contributed by atoms with Gasteiger partial charge in [0.25, 0.3) is 0 Å². The minimum Gasteiger partial charge on any atom is -0.388 e. The number of sulfone groups is 1. The van der Waals surface area contributed by atoms with E-state index in [-0.39, 0.29) is 0 Å². The zero-order chi connectivity index (χ0) is 12.5. The van der Waals surface area contributed by atoms with E-state index in [2.05, 4.69) is 21.2 Å². The normalized spacial score (nSPS) is 11.4. The van der Waals surface area contributed by atoms with Crippen molar-refractivity contribution in [2.75, 3.05) is 12.4 Å². The Labute approximate surface area is 113 Å². The molecule has 0 amide bonds. The van der Waals surface area contributed by atoms with Crippen LogP contribution in [0.15, 0.2) is 49.3 Å². The van der Waals surface area contributed by atoms with E-state index in [0.29, 0.717) is 9.10 Å². The molecule has 3 nitrogen and oxygen atoms in total. The summed E-state index contributed by atoms with van der Waals surface area (Å²) in [6, 6.07) is 10.1. The fourth-order valence-corrected chi connectivity index (χ4v) is 4.83. The van der Waals surface area contributed by atoms with Gasteiger partial charge in [0.15, 0.2) is 0 Å². The van der Waals surface area contributed by atoms with Crippen molar-refractivity contribution in [1.82, 2.24) is 0 Å². The lowest BCUT2D eigenvalue weighted by Gasteiger charge is -2.04. The van der Waals surface area contributed by atoms with E-state index >= 15 is 0 Å². The van der Waals surface area contributed by atoms with Crippen LogP contribution in [0.5, 0.6) is 0 Å². The lowest BCUT2D eigenvalue weighted by atomic mass is 10.3. The Balaban J connectivity index is 2.51. The highest BCUT2D eigenvalue weighted by Gasteiger charge is 2.19. The predicted octanol–water partition coefficient (Wildman–Crippen LogP) is 3.39. The molecule has 1 N–H and O–H groups in total. The van der Waals surface area contributed by atoms with Crippen molar-refractivity contribution in [1.29, 1.82) is 0 Å². The minimum absolute atomic E-state index is 0.304. The van der Waals surface area contributed by atoms with E-state index < -0.39 is 9.84 Å². The average Bonchev–Trinajstić information content (AvgIpc) is 2.76. The Hall–Kier alpha value is -0.850. The second-order valence-corrected chi connectivity index (χ2v) is 7.98. The molecule has 0 radical (unpaired) electrons. The lowest BCUT2D eigenvalue weighted by Crippen LogP contribution is -2.00. The molecule has 0 aliphatic carbocycles. The Morgan fingerprint density at radius 3 is 2.59 bits per heavy atom. The maximum atomic E-state index is 12.3. The zero-order valence-corrected chi connectivity index (χ0v) is 12.2. The molecule has 1 heterocycles. The van der Waals surface area contributed by atoms with Gasteiger partial charge < -0.3 is 5.32 Å². The van der Waals surface area contributed by atoms with E-state index in [1.165, 1.54) is 11.3 Å². The number of halogens is 1. The highest BCUT2D eigenvalue weighted by atomic mass is 79.9. The molecule has 0 saturated carbocycles. The van der Waals surface area contributed by atoms with Gasteiger partial charge in [0.05, 0.1) is 8.68 Å². The molecular formula is C11H10BrNO2S2. The number of hydrogen-bond acceptors (Lipinski definition) is 4. The average molecular weight is 332 g/mol. The predicted molar refractivity (Wildman–Crippen MR) is 73.5 cm³/mol. The first kappa shape index (κ1) is 12.6. The van der Waals surface area contributed by atoms with Crippen molar-refractivity contribution in [2.24, 2.45) is 0 Å². The lowest BCUT2D eigenvalue weighted by molar-refractivity contribution is 0.598. The second kappa shape index (κ2) is 4.80. The monoisotopic (exact) mass is 331 g/mol. The standard InChI is InChI=1S/C11H10BrNO2S2/c1-13-8-3-2-4-9(7-8)17(14,15)11-6-5-10(12)16-11/h2-7,13H,1H3. The molecule has 0 spiro atoms. The van der Waals surface area contributed by atoms with Gasteiger partial charge in [0.2, 0.25) is 9.84 Å². The largest absolute Gasteiger partial charge is 0.388 e. The van der Waals surface area contributed by atoms with Crippen molar-refractivity contribution < 1.29 is 8.42 Å². The van der Waals surface area contributed by atoms with Crippen LogP contribution in [0.3, 0.4) is 0 Å². The first-order valence-corrected chi connectivity index (χ1v) is 7.91. The van der Waals surface area contributed by atoms with Crippen molar-refractivity contribution in [3.63, 3.8) is 0 Å². The fraction of sp³-hybridized carbons (Fsp3) is 0.0909. The number of rotatable bonds is 3. The zero-order valence-electron chi connectivity index (χ0n) is 8.98. The van der Waals surface area contributed by atoms with Gasteiger partial charge in [-0.05, 0) is 46.3 Å². The molecule has 1 aromatic heterocycles. The molecule has 90 valence electrons. The van der Waals surface area contributed by atoms with Gasteiger partial charge in [0, 0.05) is 12.7 Å². The SMILES string of the molecule is CNc1cccc(S(=O)(=O)c2ccc(Br)s2)c1. The van der Waals surface area contributed by atoms with Crippen LogP contribution in [0.1, 0.15) is 0 Å². The highest BCUT2D eigenvalue weighted by Crippen LogP contribution is 2.31. The van der Waals surface area contributed by atoms with Crippen LogP contribution in [0, 0.1) is 0 Å². The van der Waals surface area contributed by atoms with Crippen molar-refractivity contribution >= 4 is 42.8 Å². The smallest absolute Gasteiger partial charge is 0.216 e. The molecule has 2 aromatic rings. The van der Waals surface area contributed by atoms with Crippen LogP contribution >= 0.6 is 27.3 Å². The van der Waals surface area contributed by atoms with E-state index in [9.17, 15) is 8.42 Å². The third-order valence-electron chi connectivity index (χ3n) is 2.25. The summed E-state index contributed by atoms with van der Waals surface area (Å²) in [7, 11) is -1.64. The van der Waals surface area contributed by atoms with Gasteiger partial charge in [-0.2, -0.15) is 0 Å². The third kappa shape index (κ3) is 2.53. The highest BCUT2D eigenvalue weighted by molar-refractivity contribution is 9.11. The number of hydrogen-bond donors (Lipinski definition) is 1. The summed E-state index contributed by atoms with van der Waals surface area (Å²) in [6.45, 7) is 0. The van der Waals surface area contributed by atoms with Crippen molar-refractivity contribution in [3.8, 4) is 0 Å². The maximum absolute atomic E-state index is 12.3. The van der Waals surface area contributed by atoms with Crippen LogP contribution in [-0.4, -0.2) is 15.5 Å². The summed E-state index contributed by atoms with van der Waals surface area (Å²) in [5.41, 5.74) is 0.779. The number of benzene rings is 1.